The lowest BCUT2D eigenvalue weighted by Crippen LogP contribution is -2.16. The van der Waals surface area contributed by atoms with Crippen molar-refractivity contribution in [1.29, 1.82) is 0 Å². The summed E-state index contributed by atoms with van der Waals surface area (Å²) in [5, 5.41) is 17.3. The van der Waals surface area contributed by atoms with Crippen LogP contribution < -0.4 is 5.32 Å². The van der Waals surface area contributed by atoms with E-state index in [2.05, 4.69) is 20.6 Å². The number of nitrogens with one attached hydrogen (secondary N) is 1. The van der Waals surface area contributed by atoms with Crippen LogP contribution in [-0.2, 0) is 18.3 Å². The zero-order valence-electron chi connectivity index (χ0n) is 12.6. The van der Waals surface area contributed by atoms with Gasteiger partial charge in [-0.05, 0) is 18.4 Å². The Morgan fingerprint density at radius 1 is 1.48 bits per heavy atom. The summed E-state index contributed by atoms with van der Waals surface area (Å²) in [6.45, 7) is 1.87. The summed E-state index contributed by atoms with van der Waals surface area (Å²) in [6.07, 6.45) is 0.617. The number of aromatic nitrogens is 4. The fourth-order valence-electron chi connectivity index (χ4n) is 1.96. The zero-order valence-corrected chi connectivity index (χ0v) is 14.3. The van der Waals surface area contributed by atoms with E-state index in [4.69, 9.17) is 4.42 Å². The molecular weight excluding hydrogens is 334 g/mol. The standard InChI is InChI=1S/C14H15N5O2S2/c1-9-6-11(19(2)18-9)15-12(20)8-23-14-17-16-13(21-14)7-10-4-3-5-22-10/h3-6H,7-8H2,1-2H3,(H,15,20). The van der Waals surface area contributed by atoms with Crippen molar-refractivity contribution < 1.29 is 9.21 Å². The number of rotatable bonds is 6. The monoisotopic (exact) mass is 349 g/mol. The first kappa shape index (κ1) is 15.8. The fraction of sp³-hybridized carbons (Fsp3) is 0.286. The average molecular weight is 349 g/mol. The molecule has 0 atom stereocenters. The van der Waals surface area contributed by atoms with Gasteiger partial charge in [-0.2, -0.15) is 5.10 Å². The molecule has 0 aliphatic rings. The van der Waals surface area contributed by atoms with Crippen LogP contribution in [0.2, 0.25) is 0 Å². The number of aryl methyl sites for hydroxylation is 2. The Hall–Kier alpha value is -2.13. The maximum absolute atomic E-state index is 11.9. The molecular formula is C14H15N5O2S2. The van der Waals surface area contributed by atoms with Crippen molar-refractivity contribution >= 4 is 34.8 Å². The molecule has 7 nitrogen and oxygen atoms in total. The lowest BCUT2D eigenvalue weighted by atomic mass is 10.3. The van der Waals surface area contributed by atoms with Crippen molar-refractivity contribution in [2.24, 2.45) is 7.05 Å². The van der Waals surface area contributed by atoms with Gasteiger partial charge in [-0.1, -0.05) is 17.8 Å². The highest BCUT2D eigenvalue weighted by molar-refractivity contribution is 7.99. The van der Waals surface area contributed by atoms with Crippen LogP contribution in [0.25, 0.3) is 0 Å². The summed E-state index contributed by atoms with van der Waals surface area (Å²) in [7, 11) is 1.78. The second-order valence-electron chi connectivity index (χ2n) is 4.85. The van der Waals surface area contributed by atoms with Crippen LogP contribution in [0, 0.1) is 6.92 Å². The Morgan fingerprint density at radius 2 is 2.35 bits per heavy atom. The maximum atomic E-state index is 11.9. The van der Waals surface area contributed by atoms with Crippen molar-refractivity contribution in [3.8, 4) is 0 Å². The molecule has 3 aromatic rings. The van der Waals surface area contributed by atoms with Gasteiger partial charge in [0, 0.05) is 18.0 Å². The van der Waals surface area contributed by atoms with E-state index in [1.165, 1.54) is 11.8 Å². The molecule has 0 saturated heterocycles. The third kappa shape index (κ3) is 4.20. The van der Waals surface area contributed by atoms with E-state index in [1.807, 2.05) is 30.5 Å². The van der Waals surface area contributed by atoms with Crippen LogP contribution in [0.5, 0.6) is 0 Å². The summed E-state index contributed by atoms with van der Waals surface area (Å²) in [5.74, 6) is 1.27. The van der Waals surface area contributed by atoms with E-state index < -0.39 is 0 Å². The van der Waals surface area contributed by atoms with E-state index >= 15 is 0 Å². The summed E-state index contributed by atoms with van der Waals surface area (Å²) < 4.78 is 7.16. The third-order valence-electron chi connectivity index (χ3n) is 2.95. The van der Waals surface area contributed by atoms with Crippen molar-refractivity contribution in [2.45, 2.75) is 18.6 Å². The van der Waals surface area contributed by atoms with Crippen molar-refractivity contribution in [3.63, 3.8) is 0 Å². The number of hydrogen-bond donors (Lipinski definition) is 1. The molecule has 1 amide bonds. The highest BCUT2D eigenvalue weighted by Gasteiger charge is 2.12. The fourth-order valence-corrected chi connectivity index (χ4v) is 3.24. The average Bonchev–Trinajstić information content (AvgIpc) is 3.21. The largest absolute Gasteiger partial charge is 0.416 e. The Morgan fingerprint density at radius 3 is 3.04 bits per heavy atom. The molecule has 0 aliphatic heterocycles. The first-order valence-corrected chi connectivity index (χ1v) is 8.75. The summed E-state index contributed by atoms with van der Waals surface area (Å²) in [6, 6.07) is 5.82. The van der Waals surface area contributed by atoms with Crippen LogP contribution in [0.1, 0.15) is 16.5 Å². The van der Waals surface area contributed by atoms with Gasteiger partial charge in [0.2, 0.25) is 11.8 Å². The first-order chi connectivity index (χ1) is 11.1. The number of anilines is 1. The van der Waals surface area contributed by atoms with Gasteiger partial charge in [-0.3, -0.25) is 9.48 Å². The molecule has 0 saturated carbocycles. The molecule has 0 spiro atoms. The molecule has 3 heterocycles. The number of thioether (sulfide) groups is 1. The quantitative estimate of drug-likeness (QED) is 0.688. The number of carbonyl (C=O) groups is 1. The van der Waals surface area contributed by atoms with Crippen molar-refractivity contribution in [1.82, 2.24) is 20.0 Å². The van der Waals surface area contributed by atoms with E-state index in [-0.39, 0.29) is 11.7 Å². The molecule has 0 radical (unpaired) electrons. The molecule has 0 bridgehead atoms. The third-order valence-corrected chi connectivity index (χ3v) is 4.64. The van der Waals surface area contributed by atoms with E-state index in [9.17, 15) is 4.79 Å². The Kier molecular flexibility index (Phi) is 4.77. The summed E-state index contributed by atoms with van der Waals surface area (Å²) in [4.78, 5) is 13.1. The molecule has 0 fully saturated rings. The van der Waals surface area contributed by atoms with Gasteiger partial charge in [0.15, 0.2) is 0 Å². The van der Waals surface area contributed by atoms with Crippen molar-refractivity contribution in [3.05, 3.63) is 40.0 Å². The molecule has 3 aromatic heterocycles. The van der Waals surface area contributed by atoms with Crippen LogP contribution >= 0.6 is 23.1 Å². The predicted molar refractivity (Wildman–Crippen MR) is 88.7 cm³/mol. The summed E-state index contributed by atoms with van der Waals surface area (Å²) in [5.41, 5.74) is 0.852. The van der Waals surface area contributed by atoms with E-state index in [0.717, 1.165) is 10.6 Å². The maximum Gasteiger partial charge on any atom is 0.277 e. The van der Waals surface area contributed by atoms with Crippen molar-refractivity contribution in [2.75, 3.05) is 11.1 Å². The summed E-state index contributed by atoms with van der Waals surface area (Å²) >= 11 is 2.86. The van der Waals surface area contributed by atoms with Gasteiger partial charge < -0.3 is 9.73 Å². The van der Waals surface area contributed by atoms with Crippen LogP contribution in [-0.4, -0.2) is 31.6 Å². The number of nitrogens with zero attached hydrogens (tertiary/aromatic N) is 4. The van der Waals surface area contributed by atoms with Gasteiger partial charge in [-0.25, -0.2) is 0 Å². The molecule has 3 rings (SSSR count). The van der Waals surface area contributed by atoms with Gasteiger partial charge >= 0.3 is 0 Å². The molecule has 9 heteroatoms. The lowest BCUT2D eigenvalue weighted by Gasteiger charge is -2.03. The molecule has 120 valence electrons. The Labute approximate surface area is 141 Å². The SMILES string of the molecule is Cc1cc(NC(=O)CSc2nnc(Cc3cccs3)o2)n(C)n1. The molecule has 0 aliphatic carbocycles. The topological polar surface area (TPSA) is 85.8 Å². The van der Waals surface area contributed by atoms with E-state index in [1.54, 1.807) is 23.1 Å². The smallest absolute Gasteiger partial charge is 0.277 e. The van der Waals surface area contributed by atoms with Crippen LogP contribution in [0.4, 0.5) is 5.82 Å². The minimum absolute atomic E-state index is 0.143. The lowest BCUT2D eigenvalue weighted by molar-refractivity contribution is -0.113. The van der Waals surface area contributed by atoms with Gasteiger partial charge in [0.25, 0.3) is 5.22 Å². The normalized spacial score (nSPS) is 10.9. The predicted octanol–water partition coefficient (Wildman–Crippen LogP) is 2.49. The zero-order chi connectivity index (χ0) is 16.2. The van der Waals surface area contributed by atoms with Gasteiger partial charge in [-0.15, -0.1) is 21.5 Å². The highest BCUT2D eigenvalue weighted by atomic mass is 32.2. The van der Waals surface area contributed by atoms with Gasteiger partial charge in [0.05, 0.1) is 17.9 Å². The minimum Gasteiger partial charge on any atom is -0.416 e. The molecule has 0 aromatic carbocycles. The highest BCUT2D eigenvalue weighted by Crippen LogP contribution is 2.19. The minimum atomic E-state index is -0.143. The van der Waals surface area contributed by atoms with Gasteiger partial charge in [0.1, 0.15) is 5.82 Å². The second-order valence-corrected chi connectivity index (χ2v) is 6.81. The van der Waals surface area contributed by atoms with Crippen LogP contribution in [0.15, 0.2) is 33.2 Å². The molecule has 23 heavy (non-hydrogen) atoms. The first-order valence-electron chi connectivity index (χ1n) is 6.88. The Balaban J connectivity index is 1.51. The number of thiophene rings is 1. The van der Waals surface area contributed by atoms with E-state index in [0.29, 0.717) is 23.4 Å². The number of amides is 1. The second kappa shape index (κ2) is 6.97. The number of hydrogen-bond acceptors (Lipinski definition) is 7. The Bertz CT molecular complexity index is 794. The molecule has 0 unspecified atom stereocenters. The number of carbonyl (C=O) groups excluding carboxylic acids is 1. The van der Waals surface area contributed by atoms with Crippen LogP contribution in [0.3, 0.4) is 0 Å². The molecule has 1 N–H and O–H groups in total.